The Kier molecular flexibility index (Phi) is 4.31. The number of hydrogen-bond acceptors (Lipinski definition) is 5. The van der Waals surface area contributed by atoms with E-state index in [0.717, 1.165) is 52.0 Å². The van der Waals surface area contributed by atoms with Crippen molar-refractivity contribution < 1.29 is 4.57 Å². The number of pyridine rings is 1. The molecule has 0 atom stereocenters. The van der Waals surface area contributed by atoms with Crippen LogP contribution in [-0.2, 0) is 13.5 Å². The van der Waals surface area contributed by atoms with E-state index in [1.807, 2.05) is 23.9 Å². The van der Waals surface area contributed by atoms with Crippen LogP contribution >= 0.6 is 23.4 Å². The standard InChI is InChI=1S/C17H20ClN6S/c1-3-12-14(18)13-15(20-12)21-17(22-16(13)24-7-10(19)8-24)25-11-5-4-6-23(2)9-11/h4-6,9-10H,3,7-8,19H2,1-2H3,(H,20,21,22)/q+1. The van der Waals surface area contributed by atoms with Gasteiger partial charge in [0.15, 0.2) is 17.6 Å². The summed E-state index contributed by atoms with van der Waals surface area (Å²) >= 11 is 8.12. The summed E-state index contributed by atoms with van der Waals surface area (Å²) in [5, 5.41) is 2.32. The van der Waals surface area contributed by atoms with Gasteiger partial charge in [-0.05, 0) is 24.2 Å². The van der Waals surface area contributed by atoms with Crippen LogP contribution in [0.1, 0.15) is 12.6 Å². The summed E-state index contributed by atoms with van der Waals surface area (Å²) in [6.45, 7) is 3.65. The Hall–Kier alpha value is -1.83. The number of nitrogens with zero attached hydrogens (tertiary/aromatic N) is 4. The van der Waals surface area contributed by atoms with Crippen LogP contribution in [0.3, 0.4) is 0 Å². The lowest BCUT2D eigenvalue weighted by Crippen LogP contribution is -2.56. The average molecular weight is 376 g/mol. The molecule has 3 aromatic heterocycles. The molecule has 1 fully saturated rings. The topological polar surface area (TPSA) is 74.7 Å². The van der Waals surface area contributed by atoms with Gasteiger partial charge in [-0.2, -0.15) is 0 Å². The van der Waals surface area contributed by atoms with Crippen molar-refractivity contribution in [2.24, 2.45) is 12.8 Å². The van der Waals surface area contributed by atoms with E-state index in [9.17, 15) is 0 Å². The van der Waals surface area contributed by atoms with Crippen molar-refractivity contribution in [3.05, 3.63) is 35.2 Å². The van der Waals surface area contributed by atoms with E-state index >= 15 is 0 Å². The number of H-pyrrole nitrogens is 1. The van der Waals surface area contributed by atoms with Crippen LogP contribution in [0, 0.1) is 0 Å². The van der Waals surface area contributed by atoms with Crippen molar-refractivity contribution in [2.45, 2.75) is 29.4 Å². The van der Waals surface area contributed by atoms with E-state index in [1.165, 1.54) is 0 Å². The first-order chi connectivity index (χ1) is 12.0. The van der Waals surface area contributed by atoms with Crippen LogP contribution in [0.25, 0.3) is 11.0 Å². The number of anilines is 1. The van der Waals surface area contributed by atoms with Gasteiger partial charge >= 0.3 is 0 Å². The maximum atomic E-state index is 6.58. The number of aryl methyl sites for hydroxylation is 2. The lowest BCUT2D eigenvalue weighted by molar-refractivity contribution is -0.673. The van der Waals surface area contributed by atoms with Gasteiger partial charge < -0.3 is 15.6 Å². The van der Waals surface area contributed by atoms with Gasteiger partial charge in [0.1, 0.15) is 18.5 Å². The molecule has 4 rings (SSSR count). The molecule has 0 aliphatic carbocycles. The van der Waals surface area contributed by atoms with Gasteiger partial charge in [-0.1, -0.05) is 18.5 Å². The molecule has 4 heterocycles. The quantitative estimate of drug-likeness (QED) is 0.540. The van der Waals surface area contributed by atoms with Crippen molar-refractivity contribution in [3.8, 4) is 0 Å². The monoisotopic (exact) mass is 375 g/mol. The summed E-state index contributed by atoms with van der Waals surface area (Å²) in [6.07, 6.45) is 4.88. The van der Waals surface area contributed by atoms with E-state index in [2.05, 4.69) is 29.1 Å². The zero-order chi connectivity index (χ0) is 17.6. The third-order valence-corrected chi connectivity index (χ3v) is 5.57. The average Bonchev–Trinajstić information content (AvgIpc) is 2.87. The summed E-state index contributed by atoms with van der Waals surface area (Å²) in [5.74, 6) is 0.871. The van der Waals surface area contributed by atoms with E-state index < -0.39 is 0 Å². The van der Waals surface area contributed by atoms with Gasteiger partial charge in [0, 0.05) is 30.9 Å². The maximum absolute atomic E-state index is 6.58. The molecule has 0 aromatic carbocycles. The van der Waals surface area contributed by atoms with Crippen molar-refractivity contribution in [1.29, 1.82) is 0 Å². The van der Waals surface area contributed by atoms with Crippen LogP contribution in [0.15, 0.2) is 34.6 Å². The van der Waals surface area contributed by atoms with Gasteiger partial charge in [0.05, 0.1) is 15.3 Å². The molecule has 8 heteroatoms. The minimum absolute atomic E-state index is 0.192. The first-order valence-corrected chi connectivity index (χ1v) is 9.46. The van der Waals surface area contributed by atoms with Crippen LogP contribution in [0.4, 0.5) is 5.82 Å². The number of aromatic amines is 1. The minimum Gasteiger partial charge on any atom is -0.353 e. The molecule has 0 spiro atoms. The Bertz CT molecular complexity index is 934. The molecule has 1 aliphatic heterocycles. The SMILES string of the molecule is CCc1[nH]c2nc(Sc3ccc[n+](C)c3)nc(N3CC(N)C3)c2c1Cl. The number of nitrogens with two attached hydrogens (primary N) is 1. The van der Waals surface area contributed by atoms with E-state index in [-0.39, 0.29) is 6.04 Å². The summed E-state index contributed by atoms with van der Waals surface area (Å²) < 4.78 is 2.01. The van der Waals surface area contributed by atoms with Gasteiger partial charge in [0.2, 0.25) is 0 Å². The highest BCUT2D eigenvalue weighted by Gasteiger charge is 2.29. The zero-order valence-electron chi connectivity index (χ0n) is 14.2. The molecule has 3 N–H and O–H groups in total. The van der Waals surface area contributed by atoms with Gasteiger partial charge in [0.25, 0.3) is 0 Å². The van der Waals surface area contributed by atoms with Crippen LogP contribution in [0.5, 0.6) is 0 Å². The molecule has 0 bridgehead atoms. The summed E-state index contributed by atoms with van der Waals surface area (Å²) in [7, 11) is 2.00. The predicted octanol–water partition coefficient (Wildman–Crippen LogP) is 2.30. The molecule has 0 unspecified atom stereocenters. The highest BCUT2D eigenvalue weighted by molar-refractivity contribution is 7.99. The number of hydrogen-bond donors (Lipinski definition) is 2. The molecule has 25 heavy (non-hydrogen) atoms. The Morgan fingerprint density at radius 2 is 2.24 bits per heavy atom. The lowest BCUT2D eigenvalue weighted by atomic mass is 10.1. The highest BCUT2D eigenvalue weighted by Crippen LogP contribution is 2.37. The minimum atomic E-state index is 0.192. The molecule has 0 amide bonds. The fraction of sp³-hybridized carbons (Fsp3) is 0.353. The third-order valence-electron chi connectivity index (χ3n) is 4.31. The summed E-state index contributed by atoms with van der Waals surface area (Å²) in [5.41, 5.74) is 7.74. The van der Waals surface area contributed by atoms with Crippen LogP contribution in [0.2, 0.25) is 5.02 Å². The molecular weight excluding hydrogens is 356 g/mol. The van der Waals surface area contributed by atoms with Crippen LogP contribution < -0.4 is 15.2 Å². The number of halogens is 1. The van der Waals surface area contributed by atoms with Gasteiger partial charge in [-0.25, -0.2) is 14.5 Å². The molecule has 6 nitrogen and oxygen atoms in total. The molecular formula is C17H20ClN6S+. The molecule has 130 valence electrons. The van der Waals surface area contributed by atoms with Crippen molar-refractivity contribution >= 4 is 40.2 Å². The second-order valence-corrected chi connectivity index (χ2v) is 7.72. The Labute approximate surface area is 155 Å². The number of nitrogens with one attached hydrogen (secondary N) is 1. The number of rotatable bonds is 4. The largest absolute Gasteiger partial charge is 0.353 e. The molecule has 1 aliphatic rings. The van der Waals surface area contributed by atoms with E-state index in [0.29, 0.717) is 5.16 Å². The van der Waals surface area contributed by atoms with Crippen molar-refractivity contribution in [2.75, 3.05) is 18.0 Å². The number of fused-ring (bicyclic) bond motifs is 1. The van der Waals surface area contributed by atoms with Crippen LogP contribution in [-0.4, -0.2) is 34.1 Å². The summed E-state index contributed by atoms with van der Waals surface area (Å²) in [6, 6.07) is 4.26. The van der Waals surface area contributed by atoms with Gasteiger partial charge in [-0.3, -0.25) is 0 Å². The van der Waals surface area contributed by atoms with E-state index in [4.69, 9.17) is 27.3 Å². The molecule has 3 aromatic rings. The second-order valence-electron chi connectivity index (χ2n) is 6.30. The molecule has 0 saturated carbocycles. The predicted molar refractivity (Wildman–Crippen MR) is 100 cm³/mol. The molecule has 0 radical (unpaired) electrons. The first-order valence-electron chi connectivity index (χ1n) is 8.27. The third kappa shape index (κ3) is 3.07. The number of aromatic nitrogens is 4. The van der Waals surface area contributed by atoms with Crippen molar-refractivity contribution in [3.63, 3.8) is 0 Å². The first kappa shape index (κ1) is 16.6. The normalized spacial score (nSPS) is 15.0. The van der Waals surface area contributed by atoms with Gasteiger partial charge in [-0.15, -0.1) is 0 Å². The van der Waals surface area contributed by atoms with E-state index in [1.54, 1.807) is 11.8 Å². The Morgan fingerprint density at radius 3 is 2.92 bits per heavy atom. The zero-order valence-corrected chi connectivity index (χ0v) is 15.7. The smallest absolute Gasteiger partial charge is 0.196 e. The fourth-order valence-electron chi connectivity index (χ4n) is 3.00. The fourth-order valence-corrected chi connectivity index (χ4v) is 4.20. The molecule has 1 saturated heterocycles. The maximum Gasteiger partial charge on any atom is 0.196 e. The second kappa shape index (κ2) is 6.48. The lowest BCUT2D eigenvalue weighted by Gasteiger charge is -2.38. The highest BCUT2D eigenvalue weighted by atomic mass is 35.5. The Morgan fingerprint density at radius 1 is 1.44 bits per heavy atom. The Balaban J connectivity index is 1.80. The van der Waals surface area contributed by atoms with Crippen molar-refractivity contribution in [1.82, 2.24) is 15.0 Å². The summed E-state index contributed by atoms with van der Waals surface area (Å²) in [4.78, 5) is 16.1.